The van der Waals surface area contributed by atoms with E-state index < -0.39 is 0 Å². The van der Waals surface area contributed by atoms with Gasteiger partial charge in [-0.3, -0.25) is 0 Å². The largest absolute Gasteiger partial charge is 0.493 e. The van der Waals surface area contributed by atoms with Crippen molar-refractivity contribution in [3.05, 3.63) is 22.7 Å². The average Bonchev–Trinajstić information content (AvgIpc) is 2.15. The molecule has 0 N–H and O–H groups in total. The van der Waals surface area contributed by atoms with Gasteiger partial charge in [0.1, 0.15) is 6.61 Å². The number of benzene rings is 1. The molecule has 0 unspecified atom stereocenters. The highest BCUT2D eigenvalue weighted by Gasteiger charge is 2.03. The lowest BCUT2D eigenvalue weighted by Crippen LogP contribution is -1.99. The van der Waals surface area contributed by atoms with Crippen molar-refractivity contribution in [1.29, 1.82) is 0 Å². The maximum atomic E-state index is 5.51. The molecule has 0 saturated heterocycles. The van der Waals surface area contributed by atoms with Crippen LogP contribution in [0.15, 0.2) is 22.7 Å². The summed E-state index contributed by atoms with van der Waals surface area (Å²) < 4.78 is 11.4. The first-order valence-electron chi connectivity index (χ1n) is 3.80. The molecule has 1 rings (SSSR count). The van der Waals surface area contributed by atoms with Gasteiger partial charge in [-0.2, -0.15) is 0 Å². The Kier molecular flexibility index (Phi) is 4.39. The van der Waals surface area contributed by atoms with E-state index in [-0.39, 0.29) is 0 Å². The van der Waals surface area contributed by atoms with Gasteiger partial charge in [0, 0.05) is 4.47 Å². The number of alkyl halides is 1. The predicted molar refractivity (Wildman–Crippen MR) is 56.9 cm³/mol. The van der Waals surface area contributed by atoms with Gasteiger partial charge in [-0.25, -0.2) is 0 Å². The Morgan fingerprint density at radius 2 is 2.15 bits per heavy atom. The number of methoxy groups -OCH3 is 1. The molecular formula is C9H10BrClO2. The van der Waals surface area contributed by atoms with Gasteiger partial charge < -0.3 is 9.47 Å². The number of rotatable bonds is 4. The fourth-order valence-electron chi connectivity index (χ4n) is 0.912. The zero-order chi connectivity index (χ0) is 9.68. The molecule has 0 atom stereocenters. The molecule has 1 aromatic carbocycles. The van der Waals surface area contributed by atoms with Crippen molar-refractivity contribution in [1.82, 2.24) is 0 Å². The van der Waals surface area contributed by atoms with E-state index in [0.717, 1.165) is 4.47 Å². The number of halogens is 2. The van der Waals surface area contributed by atoms with E-state index in [2.05, 4.69) is 15.9 Å². The van der Waals surface area contributed by atoms with E-state index in [0.29, 0.717) is 24.0 Å². The maximum absolute atomic E-state index is 5.51. The van der Waals surface area contributed by atoms with Gasteiger partial charge >= 0.3 is 0 Å². The summed E-state index contributed by atoms with van der Waals surface area (Å²) >= 11 is 8.86. The summed E-state index contributed by atoms with van der Waals surface area (Å²) in [6.45, 7) is 0.481. The Balaban J connectivity index is 2.81. The number of hydrogen-bond acceptors (Lipinski definition) is 2. The second-order valence-electron chi connectivity index (χ2n) is 2.33. The van der Waals surface area contributed by atoms with Crippen molar-refractivity contribution in [3.8, 4) is 11.5 Å². The fraction of sp³-hybridized carbons (Fsp3) is 0.333. The first-order valence-corrected chi connectivity index (χ1v) is 5.13. The van der Waals surface area contributed by atoms with Crippen molar-refractivity contribution >= 4 is 27.5 Å². The zero-order valence-electron chi connectivity index (χ0n) is 7.22. The third-order valence-corrected chi connectivity index (χ3v) is 2.11. The van der Waals surface area contributed by atoms with E-state index in [9.17, 15) is 0 Å². The summed E-state index contributed by atoms with van der Waals surface area (Å²) in [5.41, 5.74) is 0. The minimum Gasteiger partial charge on any atom is -0.493 e. The second kappa shape index (κ2) is 5.35. The summed E-state index contributed by atoms with van der Waals surface area (Å²) in [6.07, 6.45) is 0. The molecule has 0 aliphatic heterocycles. The van der Waals surface area contributed by atoms with Crippen molar-refractivity contribution in [3.63, 3.8) is 0 Å². The van der Waals surface area contributed by atoms with Crippen LogP contribution in [0.4, 0.5) is 0 Å². The SMILES string of the molecule is COc1ccc(Br)cc1OCCCl. The normalized spacial score (nSPS) is 9.77. The van der Waals surface area contributed by atoms with E-state index in [1.165, 1.54) is 0 Å². The summed E-state index contributed by atoms with van der Waals surface area (Å²) in [5.74, 6) is 1.89. The molecule has 0 bridgehead atoms. The van der Waals surface area contributed by atoms with Crippen LogP contribution in [0.25, 0.3) is 0 Å². The molecule has 1 aromatic rings. The molecule has 0 fully saturated rings. The van der Waals surface area contributed by atoms with Gasteiger partial charge in [-0.05, 0) is 18.2 Å². The monoisotopic (exact) mass is 264 g/mol. The topological polar surface area (TPSA) is 18.5 Å². The maximum Gasteiger partial charge on any atom is 0.162 e. The first kappa shape index (κ1) is 10.7. The van der Waals surface area contributed by atoms with Crippen LogP contribution in [0.1, 0.15) is 0 Å². The summed E-state index contributed by atoms with van der Waals surface area (Å²) in [6, 6.07) is 5.59. The number of hydrogen-bond donors (Lipinski definition) is 0. The lowest BCUT2D eigenvalue weighted by molar-refractivity contribution is 0.312. The third kappa shape index (κ3) is 3.08. The predicted octanol–water partition coefficient (Wildman–Crippen LogP) is 3.08. The lowest BCUT2D eigenvalue weighted by atomic mass is 10.3. The van der Waals surface area contributed by atoms with Crippen LogP contribution in [-0.2, 0) is 0 Å². The smallest absolute Gasteiger partial charge is 0.162 e. The van der Waals surface area contributed by atoms with Crippen molar-refractivity contribution < 1.29 is 9.47 Å². The fourth-order valence-corrected chi connectivity index (χ4v) is 1.33. The van der Waals surface area contributed by atoms with Crippen LogP contribution in [-0.4, -0.2) is 19.6 Å². The molecule has 0 aliphatic rings. The summed E-state index contributed by atoms with van der Waals surface area (Å²) in [7, 11) is 1.61. The lowest BCUT2D eigenvalue weighted by Gasteiger charge is -2.09. The molecule has 13 heavy (non-hydrogen) atoms. The third-order valence-electron chi connectivity index (χ3n) is 1.46. The molecule has 0 heterocycles. The van der Waals surface area contributed by atoms with Crippen molar-refractivity contribution in [2.75, 3.05) is 19.6 Å². The highest BCUT2D eigenvalue weighted by atomic mass is 79.9. The van der Waals surface area contributed by atoms with Gasteiger partial charge in [0.15, 0.2) is 11.5 Å². The van der Waals surface area contributed by atoms with Crippen molar-refractivity contribution in [2.45, 2.75) is 0 Å². The van der Waals surface area contributed by atoms with Gasteiger partial charge in [0.25, 0.3) is 0 Å². The quantitative estimate of drug-likeness (QED) is 0.779. The van der Waals surface area contributed by atoms with Crippen LogP contribution in [0.2, 0.25) is 0 Å². The molecule has 0 spiro atoms. The molecule has 0 aliphatic carbocycles. The number of ether oxygens (including phenoxy) is 2. The summed E-state index contributed by atoms with van der Waals surface area (Å²) in [4.78, 5) is 0. The Morgan fingerprint density at radius 3 is 2.77 bits per heavy atom. The van der Waals surface area contributed by atoms with Gasteiger partial charge in [-0.1, -0.05) is 15.9 Å². The molecule has 0 saturated carbocycles. The second-order valence-corrected chi connectivity index (χ2v) is 3.63. The molecule has 2 nitrogen and oxygen atoms in total. The minimum absolute atomic E-state index is 0.468. The Bertz CT molecular complexity index is 278. The highest BCUT2D eigenvalue weighted by Crippen LogP contribution is 2.29. The molecule has 0 amide bonds. The van der Waals surface area contributed by atoms with Crippen LogP contribution in [0.3, 0.4) is 0 Å². The highest BCUT2D eigenvalue weighted by molar-refractivity contribution is 9.10. The van der Waals surface area contributed by atoms with E-state index >= 15 is 0 Å². The van der Waals surface area contributed by atoms with Crippen LogP contribution >= 0.6 is 27.5 Å². The average molecular weight is 266 g/mol. The molecular weight excluding hydrogens is 255 g/mol. The zero-order valence-corrected chi connectivity index (χ0v) is 9.56. The summed E-state index contributed by atoms with van der Waals surface area (Å²) in [5, 5.41) is 0. The van der Waals surface area contributed by atoms with Gasteiger partial charge in [0.05, 0.1) is 13.0 Å². The van der Waals surface area contributed by atoms with Gasteiger partial charge in [0.2, 0.25) is 0 Å². The molecule has 72 valence electrons. The van der Waals surface area contributed by atoms with Crippen LogP contribution in [0, 0.1) is 0 Å². The standard InChI is InChI=1S/C9H10BrClO2/c1-12-8-3-2-7(10)6-9(8)13-5-4-11/h2-3,6H,4-5H2,1H3. The first-order chi connectivity index (χ1) is 6.27. The van der Waals surface area contributed by atoms with Crippen LogP contribution in [0.5, 0.6) is 11.5 Å². The van der Waals surface area contributed by atoms with E-state index in [1.54, 1.807) is 7.11 Å². The Hall–Kier alpha value is -0.410. The van der Waals surface area contributed by atoms with E-state index in [4.69, 9.17) is 21.1 Å². The Labute approximate surface area is 90.9 Å². The molecule has 0 aromatic heterocycles. The molecule has 4 heteroatoms. The van der Waals surface area contributed by atoms with Gasteiger partial charge in [-0.15, -0.1) is 11.6 Å². The minimum atomic E-state index is 0.468. The van der Waals surface area contributed by atoms with Crippen LogP contribution < -0.4 is 9.47 Å². The van der Waals surface area contributed by atoms with Crippen molar-refractivity contribution in [2.24, 2.45) is 0 Å². The molecule has 0 radical (unpaired) electrons. The van der Waals surface area contributed by atoms with E-state index in [1.807, 2.05) is 18.2 Å². The Morgan fingerprint density at radius 1 is 1.38 bits per heavy atom.